The Morgan fingerprint density at radius 1 is 1.11 bits per heavy atom. The van der Waals surface area contributed by atoms with Gasteiger partial charge in [0.15, 0.2) is 0 Å². The van der Waals surface area contributed by atoms with Crippen LogP contribution < -0.4 is 10.1 Å². The van der Waals surface area contributed by atoms with Crippen LogP contribution in [0.5, 0.6) is 5.75 Å². The van der Waals surface area contributed by atoms with Gasteiger partial charge in [0, 0.05) is 30.4 Å². The molecule has 1 heterocycles. The maximum atomic E-state index is 12.9. The van der Waals surface area contributed by atoms with Crippen LogP contribution in [0.1, 0.15) is 31.2 Å². The number of carbonyl (C=O) groups is 2. The number of thiophene rings is 1. The molecule has 144 valence electrons. The molecule has 6 heteroatoms. The number of hydrogen-bond acceptors (Lipinski definition) is 4. The van der Waals surface area contributed by atoms with Gasteiger partial charge in [-0.15, -0.1) is 11.3 Å². The third kappa shape index (κ3) is 4.58. The van der Waals surface area contributed by atoms with E-state index < -0.39 is 0 Å². The topological polar surface area (TPSA) is 58.6 Å². The molecule has 28 heavy (non-hydrogen) atoms. The lowest BCUT2D eigenvalue weighted by Crippen LogP contribution is -2.26. The second-order valence-electron chi connectivity index (χ2n) is 6.49. The summed E-state index contributed by atoms with van der Waals surface area (Å²) < 4.78 is 5.40. The number of nitrogens with one attached hydrogen (secondary N) is 1. The highest BCUT2D eigenvalue weighted by molar-refractivity contribution is 7.12. The molecule has 5 nitrogen and oxygen atoms in total. The zero-order valence-corrected chi connectivity index (χ0v) is 16.9. The molecule has 0 aliphatic carbocycles. The molecular weight excluding hydrogens is 372 g/mol. The lowest BCUT2D eigenvalue weighted by Gasteiger charge is -2.19. The van der Waals surface area contributed by atoms with Crippen LogP contribution in [0.15, 0.2) is 60.0 Å². The Labute approximate surface area is 168 Å². The van der Waals surface area contributed by atoms with Crippen LogP contribution in [0.4, 0.5) is 5.69 Å². The smallest absolute Gasteiger partial charge is 0.265 e. The molecule has 0 spiro atoms. The molecule has 2 aromatic carbocycles. The van der Waals surface area contributed by atoms with Crippen LogP contribution in [-0.2, 0) is 6.54 Å². The van der Waals surface area contributed by atoms with E-state index >= 15 is 0 Å². The zero-order chi connectivity index (χ0) is 20.1. The van der Waals surface area contributed by atoms with Crippen molar-refractivity contribution in [3.05, 3.63) is 81.5 Å². The van der Waals surface area contributed by atoms with E-state index in [1.165, 1.54) is 11.3 Å². The molecule has 0 radical (unpaired) electrons. The highest BCUT2D eigenvalue weighted by atomic mass is 32.1. The highest BCUT2D eigenvalue weighted by Crippen LogP contribution is 2.22. The summed E-state index contributed by atoms with van der Waals surface area (Å²) in [4.78, 5) is 27.4. The van der Waals surface area contributed by atoms with Crippen molar-refractivity contribution in [2.45, 2.75) is 13.5 Å². The number of anilines is 1. The molecule has 2 amide bonds. The van der Waals surface area contributed by atoms with Gasteiger partial charge in [-0.3, -0.25) is 9.59 Å². The van der Waals surface area contributed by atoms with E-state index in [0.717, 1.165) is 16.9 Å². The molecule has 0 unspecified atom stereocenters. The lowest BCUT2D eigenvalue weighted by molar-refractivity contribution is 0.0784. The summed E-state index contributed by atoms with van der Waals surface area (Å²) in [6, 6.07) is 16.5. The molecular formula is C22H22N2O3S. The van der Waals surface area contributed by atoms with Gasteiger partial charge in [0.1, 0.15) is 5.75 Å². The third-order valence-electron chi connectivity index (χ3n) is 4.30. The SMILES string of the molecule is COc1ccc(C)cc1CN(C)C(=O)c1cccc(NC(=O)c2cccs2)c1. The lowest BCUT2D eigenvalue weighted by atomic mass is 10.1. The minimum atomic E-state index is -0.183. The molecule has 0 aliphatic heterocycles. The van der Waals surface area contributed by atoms with E-state index in [1.54, 1.807) is 49.4 Å². The van der Waals surface area contributed by atoms with Crippen molar-refractivity contribution in [3.8, 4) is 5.75 Å². The number of hydrogen-bond donors (Lipinski definition) is 1. The van der Waals surface area contributed by atoms with E-state index in [2.05, 4.69) is 5.32 Å². The highest BCUT2D eigenvalue weighted by Gasteiger charge is 2.15. The number of amides is 2. The summed E-state index contributed by atoms with van der Waals surface area (Å²) in [6.07, 6.45) is 0. The first-order chi connectivity index (χ1) is 13.5. The molecule has 0 fully saturated rings. The first-order valence-corrected chi connectivity index (χ1v) is 9.70. The second-order valence-corrected chi connectivity index (χ2v) is 7.44. The van der Waals surface area contributed by atoms with E-state index in [1.807, 2.05) is 36.6 Å². The predicted molar refractivity (Wildman–Crippen MR) is 112 cm³/mol. The molecule has 0 saturated heterocycles. The van der Waals surface area contributed by atoms with Crippen molar-refractivity contribution in [2.75, 3.05) is 19.5 Å². The van der Waals surface area contributed by atoms with Crippen LogP contribution in [0.25, 0.3) is 0 Å². The molecule has 0 atom stereocenters. The van der Waals surface area contributed by atoms with Crippen LogP contribution >= 0.6 is 11.3 Å². The van der Waals surface area contributed by atoms with E-state index in [4.69, 9.17) is 4.74 Å². The Bertz CT molecular complexity index is 983. The van der Waals surface area contributed by atoms with E-state index in [-0.39, 0.29) is 11.8 Å². The summed E-state index contributed by atoms with van der Waals surface area (Å²) >= 11 is 1.37. The minimum Gasteiger partial charge on any atom is -0.496 e. The molecule has 0 saturated carbocycles. The first kappa shape index (κ1) is 19.6. The van der Waals surface area contributed by atoms with Gasteiger partial charge in [-0.25, -0.2) is 0 Å². The summed E-state index contributed by atoms with van der Waals surface area (Å²) in [7, 11) is 3.37. The van der Waals surface area contributed by atoms with Gasteiger partial charge < -0.3 is 15.0 Å². The van der Waals surface area contributed by atoms with Crippen molar-refractivity contribution < 1.29 is 14.3 Å². The fourth-order valence-electron chi connectivity index (χ4n) is 2.91. The van der Waals surface area contributed by atoms with E-state index in [9.17, 15) is 9.59 Å². The minimum absolute atomic E-state index is 0.129. The number of carbonyl (C=O) groups excluding carboxylic acids is 2. The Kier molecular flexibility index (Phi) is 6.11. The summed E-state index contributed by atoms with van der Waals surface area (Å²) in [5.41, 5.74) is 3.15. The second kappa shape index (κ2) is 8.71. The van der Waals surface area contributed by atoms with Gasteiger partial charge in [0.2, 0.25) is 0 Å². The fourth-order valence-corrected chi connectivity index (χ4v) is 3.53. The monoisotopic (exact) mass is 394 g/mol. The Morgan fingerprint density at radius 3 is 2.64 bits per heavy atom. The van der Waals surface area contributed by atoms with Crippen LogP contribution in [0, 0.1) is 6.92 Å². The number of nitrogens with zero attached hydrogens (tertiary/aromatic N) is 1. The van der Waals surface area contributed by atoms with Gasteiger partial charge in [0.05, 0.1) is 12.0 Å². The number of ether oxygens (including phenoxy) is 1. The summed E-state index contributed by atoms with van der Waals surface area (Å²) in [5, 5.41) is 4.69. The van der Waals surface area contributed by atoms with Crippen LogP contribution in [-0.4, -0.2) is 30.9 Å². The van der Waals surface area contributed by atoms with E-state index in [0.29, 0.717) is 22.7 Å². The number of methoxy groups -OCH3 is 1. The van der Waals surface area contributed by atoms with Crippen molar-refractivity contribution in [1.29, 1.82) is 0 Å². The van der Waals surface area contributed by atoms with Crippen molar-refractivity contribution >= 4 is 28.8 Å². The zero-order valence-electron chi connectivity index (χ0n) is 16.1. The maximum absolute atomic E-state index is 12.9. The molecule has 3 rings (SSSR count). The average Bonchev–Trinajstić information content (AvgIpc) is 3.23. The molecule has 1 N–H and O–H groups in total. The first-order valence-electron chi connectivity index (χ1n) is 8.82. The maximum Gasteiger partial charge on any atom is 0.265 e. The Hall–Kier alpha value is -3.12. The largest absolute Gasteiger partial charge is 0.496 e. The van der Waals surface area contributed by atoms with Crippen molar-refractivity contribution in [2.24, 2.45) is 0 Å². The fraction of sp³-hybridized carbons (Fsp3) is 0.182. The Balaban J connectivity index is 1.73. The molecule has 0 bridgehead atoms. The van der Waals surface area contributed by atoms with Gasteiger partial charge >= 0.3 is 0 Å². The third-order valence-corrected chi connectivity index (χ3v) is 5.17. The number of aryl methyl sites for hydroxylation is 1. The van der Waals surface area contributed by atoms with Gasteiger partial charge in [-0.05, 0) is 42.6 Å². The standard InChI is InChI=1S/C22H22N2O3S/c1-15-9-10-19(27-3)17(12-15)14-24(2)22(26)16-6-4-7-18(13-16)23-21(25)20-8-5-11-28-20/h4-13H,14H2,1-3H3,(H,23,25). The average molecular weight is 394 g/mol. The normalized spacial score (nSPS) is 10.4. The van der Waals surface area contributed by atoms with Crippen molar-refractivity contribution in [3.63, 3.8) is 0 Å². The molecule has 1 aromatic heterocycles. The summed E-state index contributed by atoms with van der Waals surface area (Å²) in [6.45, 7) is 2.43. The van der Waals surface area contributed by atoms with Gasteiger partial charge in [-0.2, -0.15) is 0 Å². The summed E-state index contributed by atoms with van der Waals surface area (Å²) in [5.74, 6) is 0.440. The van der Waals surface area contributed by atoms with Crippen molar-refractivity contribution in [1.82, 2.24) is 4.90 Å². The van der Waals surface area contributed by atoms with Crippen LogP contribution in [0.2, 0.25) is 0 Å². The van der Waals surface area contributed by atoms with Crippen LogP contribution in [0.3, 0.4) is 0 Å². The Morgan fingerprint density at radius 2 is 1.93 bits per heavy atom. The van der Waals surface area contributed by atoms with Gasteiger partial charge in [-0.1, -0.05) is 29.8 Å². The number of rotatable bonds is 6. The predicted octanol–water partition coefficient (Wildman–Crippen LogP) is 4.59. The van der Waals surface area contributed by atoms with Gasteiger partial charge in [0.25, 0.3) is 11.8 Å². The molecule has 3 aromatic rings. The molecule has 0 aliphatic rings. The number of benzene rings is 2. The quantitative estimate of drug-likeness (QED) is 0.665.